The zero-order valence-corrected chi connectivity index (χ0v) is 20.1. The molecular weight excluding hydrogens is 478 g/mol. The number of amides is 1. The molecule has 0 spiro atoms. The molecule has 0 atom stereocenters. The number of ether oxygens (including phenoxy) is 2. The number of rotatable bonds is 8. The molecule has 0 aliphatic rings. The molecule has 0 saturated carbocycles. The number of hydrogen-bond acceptors (Lipinski definition) is 3. The molecule has 0 unspecified atom stereocenters. The number of nitrogens with one attached hydrogen (secondary N) is 1. The summed E-state index contributed by atoms with van der Waals surface area (Å²) < 4.78 is 12.6. The molecule has 3 aromatic carbocycles. The first-order chi connectivity index (χ1) is 14.9. The Morgan fingerprint density at radius 2 is 1.81 bits per heavy atom. The highest BCUT2D eigenvalue weighted by Gasteiger charge is 2.18. The molecule has 6 heteroatoms. The van der Waals surface area contributed by atoms with Crippen molar-refractivity contribution in [2.45, 2.75) is 33.3 Å². The highest BCUT2D eigenvalue weighted by molar-refractivity contribution is 9.10. The third kappa shape index (κ3) is 6.02. The second-order valence-corrected chi connectivity index (χ2v) is 8.66. The van der Waals surface area contributed by atoms with Crippen LogP contribution in [0.3, 0.4) is 0 Å². The fourth-order valence-electron chi connectivity index (χ4n) is 3.15. The van der Waals surface area contributed by atoms with Crippen LogP contribution in [0, 0.1) is 0 Å². The Morgan fingerprint density at radius 3 is 2.48 bits per heavy atom. The molecule has 3 rings (SSSR count). The summed E-state index contributed by atoms with van der Waals surface area (Å²) in [6.45, 7) is 6.81. The van der Waals surface area contributed by atoms with Gasteiger partial charge in [-0.3, -0.25) is 4.79 Å². The second-order valence-electron chi connectivity index (χ2n) is 7.33. The van der Waals surface area contributed by atoms with E-state index in [9.17, 15) is 4.79 Å². The van der Waals surface area contributed by atoms with Crippen molar-refractivity contribution in [3.63, 3.8) is 0 Å². The van der Waals surface area contributed by atoms with Gasteiger partial charge >= 0.3 is 0 Å². The van der Waals surface area contributed by atoms with Crippen molar-refractivity contribution < 1.29 is 14.3 Å². The van der Waals surface area contributed by atoms with E-state index in [0.29, 0.717) is 35.3 Å². The van der Waals surface area contributed by atoms with E-state index in [2.05, 4.69) is 35.1 Å². The van der Waals surface area contributed by atoms with Gasteiger partial charge in [0.2, 0.25) is 0 Å². The number of hydrogen-bond donors (Lipinski definition) is 1. The largest absolute Gasteiger partial charge is 0.490 e. The minimum absolute atomic E-state index is 0.254. The highest BCUT2D eigenvalue weighted by Crippen LogP contribution is 2.38. The Kier molecular flexibility index (Phi) is 7.99. The van der Waals surface area contributed by atoms with Gasteiger partial charge in [-0.05, 0) is 54.3 Å². The lowest BCUT2D eigenvalue weighted by molar-refractivity contribution is 0.102. The maximum absolute atomic E-state index is 13.0. The lowest BCUT2D eigenvalue weighted by atomic mass is 10.0. The fraction of sp³-hybridized carbons (Fsp3) is 0.240. The molecule has 4 nitrogen and oxygen atoms in total. The van der Waals surface area contributed by atoms with E-state index in [1.54, 1.807) is 12.1 Å². The monoisotopic (exact) mass is 501 g/mol. The van der Waals surface area contributed by atoms with Crippen LogP contribution in [0.5, 0.6) is 11.5 Å². The molecule has 0 heterocycles. The van der Waals surface area contributed by atoms with Crippen LogP contribution in [-0.4, -0.2) is 12.5 Å². The van der Waals surface area contributed by atoms with Crippen LogP contribution < -0.4 is 14.8 Å². The molecule has 31 heavy (non-hydrogen) atoms. The van der Waals surface area contributed by atoms with E-state index in [1.165, 1.54) is 0 Å². The molecule has 1 N–H and O–H groups in total. The zero-order valence-electron chi connectivity index (χ0n) is 17.7. The number of carbonyl (C=O) groups is 1. The molecular formula is C25H25BrClNO3. The van der Waals surface area contributed by atoms with Gasteiger partial charge in [-0.2, -0.15) is 0 Å². The predicted octanol–water partition coefficient (Wildman–Crippen LogP) is 7.46. The van der Waals surface area contributed by atoms with E-state index in [0.717, 1.165) is 21.3 Å². The first kappa shape index (κ1) is 23.2. The van der Waals surface area contributed by atoms with Crippen molar-refractivity contribution in [1.82, 2.24) is 0 Å². The zero-order chi connectivity index (χ0) is 22.4. The van der Waals surface area contributed by atoms with Gasteiger partial charge in [0.1, 0.15) is 6.61 Å². The van der Waals surface area contributed by atoms with Crippen LogP contribution in [0.2, 0.25) is 5.02 Å². The van der Waals surface area contributed by atoms with Crippen molar-refractivity contribution in [2.75, 3.05) is 11.9 Å². The third-order valence-electron chi connectivity index (χ3n) is 4.68. The van der Waals surface area contributed by atoms with Gasteiger partial charge < -0.3 is 14.8 Å². The van der Waals surface area contributed by atoms with Crippen molar-refractivity contribution in [3.05, 3.63) is 86.8 Å². The molecule has 1 amide bonds. The second kappa shape index (κ2) is 10.7. The Hall–Kier alpha value is -2.50. The smallest absolute Gasteiger partial charge is 0.255 e. The van der Waals surface area contributed by atoms with Crippen LogP contribution in [-0.2, 0) is 6.61 Å². The molecule has 0 aromatic heterocycles. The van der Waals surface area contributed by atoms with Gasteiger partial charge in [0, 0.05) is 15.7 Å². The van der Waals surface area contributed by atoms with Crippen molar-refractivity contribution in [1.29, 1.82) is 0 Å². The summed E-state index contributed by atoms with van der Waals surface area (Å²) in [5.74, 6) is 0.859. The Labute approximate surface area is 196 Å². The maximum atomic E-state index is 13.0. The first-order valence-electron chi connectivity index (χ1n) is 10.1. The number of anilines is 1. The van der Waals surface area contributed by atoms with E-state index in [1.807, 2.05) is 55.5 Å². The molecule has 0 radical (unpaired) electrons. The maximum Gasteiger partial charge on any atom is 0.255 e. The molecule has 0 aliphatic heterocycles. The standard InChI is InChI=1S/C25H25BrClNO3/c1-4-30-23-13-18(12-21(27)24(23)31-15-17-8-6-5-7-9-17)25(29)28-22-11-10-19(26)14-20(22)16(2)3/h5-14,16H,4,15H2,1-3H3,(H,28,29). The molecule has 0 bridgehead atoms. The van der Waals surface area contributed by atoms with Gasteiger partial charge in [-0.1, -0.05) is 71.7 Å². The van der Waals surface area contributed by atoms with Gasteiger partial charge in [-0.15, -0.1) is 0 Å². The number of halogens is 2. The topological polar surface area (TPSA) is 47.6 Å². The molecule has 0 fully saturated rings. The Balaban J connectivity index is 1.85. The van der Waals surface area contributed by atoms with Crippen LogP contribution >= 0.6 is 27.5 Å². The van der Waals surface area contributed by atoms with Gasteiger partial charge in [-0.25, -0.2) is 0 Å². The van der Waals surface area contributed by atoms with Crippen molar-refractivity contribution in [2.24, 2.45) is 0 Å². The quantitative estimate of drug-likeness (QED) is 0.348. The lowest BCUT2D eigenvalue weighted by Gasteiger charge is -2.17. The minimum atomic E-state index is -0.262. The van der Waals surface area contributed by atoms with Crippen molar-refractivity contribution >= 4 is 39.1 Å². The molecule has 0 aliphatic carbocycles. The van der Waals surface area contributed by atoms with Crippen molar-refractivity contribution in [3.8, 4) is 11.5 Å². The van der Waals surface area contributed by atoms with Gasteiger partial charge in [0.25, 0.3) is 5.91 Å². The normalized spacial score (nSPS) is 10.8. The molecule has 3 aromatic rings. The van der Waals surface area contributed by atoms with Crippen LogP contribution in [0.25, 0.3) is 0 Å². The number of benzene rings is 3. The Bertz CT molecular complexity index is 1050. The summed E-state index contributed by atoms with van der Waals surface area (Å²) in [5, 5.41) is 3.32. The highest BCUT2D eigenvalue weighted by atomic mass is 79.9. The van der Waals surface area contributed by atoms with E-state index in [-0.39, 0.29) is 11.8 Å². The summed E-state index contributed by atoms with van der Waals surface area (Å²) in [5.41, 5.74) is 3.22. The van der Waals surface area contributed by atoms with Crippen LogP contribution in [0.15, 0.2) is 65.1 Å². The van der Waals surface area contributed by atoms with E-state index in [4.69, 9.17) is 21.1 Å². The predicted molar refractivity (Wildman–Crippen MR) is 130 cm³/mol. The summed E-state index contributed by atoms with van der Waals surface area (Å²) in [6.07, 6.45) is 0. The minimum Gasteiger partial charge on any atom is -0.490 e. The fourth-order valence-corrected chi connectivity index (χ4v) is 3.80. The van der Waals surface area contributed by atoms with Crippen LogP contribution in [0.1, 0.15) is 48.2 Å². The summed E-state index contributed by atoms with van der Waals surface area (Å²) in [6, 6.07) is 18.9. The van der Waals surface area contributed by atoms with Gasteiger partial charge in [0.15, 0.2) is 11.5 Å². The number of carbonyl (C=O) groups excluding carboxylic acids is 1. The summed E-state index contributed by atoms with van der Waals surface area (Å²) >= 11 is 9.99. The average Bonchev–Trinajstić information content (AvgIpc) is 2.75. The average molecular weight is 503 g/mol. The van der Waals surface area contributed by atoms with E-state index >= 15 is 0 Å². The van der Waals surface area contributed by atoms with Crippen LogP contribution in [0.4, 0.5) is 5.69 Å². The first-order valence-corrected chi connectivity index (χ1v) is 11.3. The lowest BCUT2D eigenvalue weighted by Crippen LogP contribution is -2.14. The SMILES string of the molecule is CCOc1cc(C(=O)Nc2ccc(Br)cc2C(C)C)cc(Cl)c1OCc1ccccc1. The Morgan fingerprint density at radius 1 is 1.06 bits per heavy atom. The molecule has 162 valence electrons. The molecule has 0 saturated heterocycles. The van der Waals surface area contributed by atoms with Gasteiger partial charge in [0.05, 0.1) is 11.6 Å². The van der Waals surface area contributed by atoms with E-state index < -0.39 is 0 Å². The summed E-state index contributed by atoms with van der Waals surface area (Å²) in [4.78, 5) is 13.0. The third-order valence-corrected chi connectivity index (χ3v) is 5.46. The summed E-state index contributed by atoms with van der Waals surface area (Å²) in [7, 11) is 0.